The molecule has 2 aromatic rings. The van der Waals surface area contributed by atoms with Crippen LogP contribution >= 0.6 is 0 Å². The summed E-state index contributed by atoms with van der Waals surface area (Å²) >= 11 is 0. The van der Waals surface area contributed by atoms with Gasteiger partial charge in [0.05, 0.1) is 0 Å². The third-order valence-electron chi connectivity index (χ3n) is 4.05. The molecule has 0 aromatic heterocycles. The Hall–Kier alpha value is -1.89. The summed E-state index contributed by atoms with van der Waals surface area (Å²) in [7, 11) is 0. The van der Waals surface area contributed by atoms with Crippen molar-refractivity contribution in [2.45, 2.75) is 34.1 Å². The molecule has 104 valence electrons. The van der Waals surface area contributed by atoms with Gasteiger partial charge in [-0.25, -0.2) is 0 Å². The van der Waals surface area contributed by atoms with Crippen molar-refractivity contribution in [2.75, 3.05) is 0 Å². The third-order valence-corrected chi connectivity index (χ3v) is 4.05. The highest BCUT2D eigenvalue weighted by atomic mass is 16.1. The summed E-state index contributed by atoms with van der Waals surface area (Å²) in [6, 6.07) is 14.8. The van der Waals surface area contributed by atoms with E-state index in [2.05, 4.69) is 56.3 Å². The van der Waals surface area contributed by atoms with Gasteiger partial charge in [0.1, 0.15) is 5.78 Å². The molecule has 0 amide bonds. The molecule has 20 heavy (non-hydrogen) atoms. The molecule has 1 atom stereocenters. The quantitative estimate of drug-likeness (QED) is 0.781. The molecule has 0 saturated heterocycles. The van der Waals surface area contributed by atoms with Crippen LogP contribution in [0, 0.1) is 19.8 Å². The van der Waals surface area contributed by atoms with Crippen molar-refractivity contribution in [3.63, 3.8) is 0 Å². The second kappa shape index (κ2) is 6.04. The monoisotopic (exact) mass is 266 g/mol. The molecule has 0 bridgehead atoms. The Labute approximate surface area is 121 Å². The Morgan fingerprint density at radius 3 is 2.20 bits per heavy atom. The zero-order chi connectivity index (χ0) is 14.7. The predicted molar refractivity (Wildman–Crippen MR) is 84.9 cm³/mol. The van der Waals surface area contributed by atoms with Gasteiger partial charge < -0.3 is 0 Å². The van der Waals surface area contributed by atoms with E-state index in [4.69, 9.17) is 0 Å². The standard InChI is InChI=1S/C19H22O/c1-13-8-5-6-10-17(13)18-11-7-9-14(2)19(18)12-15(3)16(4)20/h5-11,15H,12H2,1-4H3. The van der Waals surface area contributed by atoms with Crippen LogP contribution in [0.3, 0.4) is 0 Å². The van der Waals surface area contributed by atoms with Gasteiger partial charge in [-0.1, -0.05) is 49.4 Å². The van der Waals surface area contributed by atoms with E-state index >= 15 is 0 Å². The predicted octanol–water partition coefficient (Wildman–Crippen LogP) is 4.74. The normalized spacial score (nSPS) is 12.2. The number of Topliss-reactive ketones (excluding diaryl/α,β-unsaturated/α-hetero) is 1. The first-order chi connectivity index (χ1) is 9.50. The molecule has 0 radical (unpaired) electrons. The lowest BCUT2D eigenvalue weighted by Crippen LogP contribution is -2.11. The Morgan fingerprint density at radius 2 is 1.55 bits per heavy atom. The number of carbonyl (C=O) groups excluding carboxylic acids is 1. The van der Waals surface area contributed by atoms with E-state index in [0.717, 1.165) is 6.42 Å². The summed E-state index contributed by atoms with van der Waals surface area (Å²) in [6.45, 7) is 7.95. The molecule has 2 rings (SSSR count). The largest absolute Gasteiger partial charge is 0.300 e. The van der Waals surface area contributed by atoms with Gasteiger partial charge in [-0.3, -0.25) is 4.79 Å². The van der Waals surface area contributed by atoms with E-state index < -0.39 is 0 Å². The maximum atomic E-state index is 11.6. The molecular weight excluding hydrogens is 244 g/mol. The smallest absolute Gasteiger partial charge is 0.132 e. The van der Waals surface area contributed by atoms with Gasteiger partial charge in [-0.2, -0.15) is 0 Å². The zero-order valence-electron chi connectivity index (χ0n) is 12.7. The number of rotatable bonds is 4. The minimum absolute atomic E-state index is 0.0684. The molecule has 0 saturated carbocycles. The van der Waals surface area contributed by atoms with Gasteiger partial charge in [0, 0.05) is 5.92 Å². The number of ketones is 1. The minimum Gasteiger partial charge on any atom is -0.300 e. The molecule has 2 aromatic carbocycles. The Bertz CT molecular complexity index is 625. The number of carbonyl (C=O) groups is 1. The highest BCUT2D eigenvalue weighted by molar-refractivity contribution is 5.79. The molecule has 0 heterocycles. The Kier molecular flexibility index (Phi) is 4.39. The van der Waals surface area contributed by atoms with Crippen LogP contribution in [0.1, 0.15) is 30.5 Å². The van der Waals surface area contributed by atoms with Gasteiger partial charge in [0.2, 0.25) is 0 Å². The lowest BCUT2D eigenvalue weighted by atomic mass is 9.87. The van der Waals surface area contributed by atoms with Crippen LogP contribution in [-0.4, -0.2) is 5.78 Å². The second-order valence-electron chi connectivity index (χ2n) is 5.63. The molecule has 0 aliphatic rings. The third kappa shape index (κ3) is 2.98. The second-order valence-corrected chi connectivity index (χ2v) is 5.63. The van der Waals surface area contributed by atoms with Crippen molar-refractivity contribution in [3.8, 4) is 11.1 Å². The molecule has 0 fully saturated rings. The van der Waals surface area contributed by atoms with Crippen molar-refractivity contribution in [3.05, 3.63) is 59.2 Å². The Morgan fingerprint density at radius 1 is 0.950 bits per heavy atom. The van der Waals surface area contributed by atoms with Crippen molar-refractivity contribution in [2.24, 2.45) is 5.92 Å². The number of aryl methyl sites for hydroxylation is 2. The van der Waals surface area contributed by atoms with Gasteiger partial charge in [-0.05, 0) is 55.0 Å². The fourth-order valence-electron chi connectivity index (χ4n) is 2.55. The van der Waals surface area contributed by atoms with Crippen LogP contribution in [0.15, 0.2) is 42.5 Å². The molecular formula is C19H22O. The first-order valence-corrected chi connectivity index (χ1v) is 7.15. The number of hydrogen-bond acceptors (Lipinski definition) is 1. The van der Waals surface area contributed by atoms with Crippen molar-refractivity contribution >= 4 is 5.78 Å². The summed E-state index contributed by atoms with van der Waals surface area (Å²) in [5.74, 6) is 0.322. The lowest BCUT2D eigenvalue weighted by Gasteiger charge is -2.17. The molecule has 1 unspecified atom stereocenters. The summed E-state index contributed by atoms with van der Waals surface area (Å²) in [5, 5.41) is 0. The topological polar surface area (TPSA) is 17.1 Å². The van der Waals surface area contributed by atoms with Crippen LogP contribution < -0.4 is 0 Å². The fraction of sp³-hybridized carbons (Fsp3) is 0.316. The van der Waals surface area contributed by atoms with E-state index in [1.165, 1.54) is 27.8 Å². The fourth-order valence-corrected chi connectivity index (χ4v) is 2.55. The van der Waals surface area contributed by atoms with Gasteiger partial charge in [0.15, 0.2) is 0 Å². The van der Waals surface area contributed by atoms with Crippen LogP contribution in [0.4, 0.5) is 0 Å². The van der Waals surface area contributed by atoms with Gasteiger partial charge in [0.25, 0.3) is 0 Å². The maximum absolute atomic E-state index is 11.6. The molecule has 0 spiro atoms. The van der Waals surface area contributed by atoms with Crippen molar-refractivity contribution in [1.29, 1.82) is 0 Å². The van der Waals surface area contributed by atoms with Crippen molar-refractivity contribution < 1.29 is 4.79 Å². The highest BCUT2D eigenvalue weighted by Gasteiger charge is 2.15. The minimum atomic E-state index is 0.0684. The highest BCUT2D eigenvalue weighted by Crippen LogP contribution is 2.30. The number of hydrogen-bond donors (Lipinski definition) is 0. The molecule has 1 heteroatoms. The van der Waals surface area contributed by atoms with Crippen LogP contribution in [0.25, 0.3) is 11.1 Å². The van der Waals surface area contributed by atoms with E-state index in [-0.39, 0.29) is 11.7 Å². The van der Waals surface area contributed by atoms with E-state index in [9.17, 15) is 4.79 Å². The van der Waals surface area contributed by atoms with E-state index in [1.54, 1.807) is 6.92 Å². The summed E-state index contributed by atoms with van der Waals surface area (Å²) in [5.41, 5.74) is 6.36. The average Bonchev–Trinajstić information content (AvgIpc) is 2.41. The molecule has 0 aliphatic heterocycles. The lowest BCUT2D eigenvalue weighted by molar-refractivity contribution is -0.120. The van der Waals surface area contributed by atoms with Crippen LogP contribution in [0.2, 0.25) is 0 Å². The van der Waals surface area contributed by atoms with E-state index in [1.807, 2.05) is 6.92 Å². The molecule has 0 N–H and O–H groups in total. The Balaban J connectivity index is 2.52. The van der Waals surface area contributed by atoms with Crippen LogP contribution in [-0.2, 0) is 11.2 Å². The summed E-state index contributed by atoms with van der Waals surface area (Å²) < 4.78 is 0. The number of benzene rings is 2. The van der Waals surface area contributed by atoms with Gasteiger partial charge in [-0.15, -0.1) is 0 Å². The summed E-state index contributed by atoms with van der Waals surface area (Å²) in [4.78, 5) is 11.6. The average molecular weight is 266 g/mol. The first kappa shape index (κ1) is 14.5. The first-order valence-electron chi connectivity index (χ1n) is 7.15. The zero-order valence-corrected chi connectivity index (χ0v) is 12.7. The van der Waals surface area contributed by atoms with Gasteiger partial charge >= 0.3 is 0 Å². The molecule has 0 aliphatic carbocycles. The SMILES string of the molecule is CC(=O)C(C)Cc1c(C)cccc1-c1ccccc1C. The molecule has 1 nitrogen and oxygen atoms in total. The summed E-state index contributed by atoms with van der Waals surface area (Å²) in [6.07, 6.45) is 0.811. The van der Waals surface area contributed by atoms with Crippen LogP contribution in [0.5, 0.6) is 0 Å². The van der Waals surface area contributed by atoms with Crippen molar-refractivity contribution in [1.82, 2.24) is 0 Å². The van der Waals surface area contributed by atoms with E-state index in [0.29, 0.717) is 0 Å². The maximum Gasteiger partial charge on any atom is 0.132 e.